The molecular weight excluding hydrogens is 394 g/mol. The Morgan fingerprint density at radius 1 is 1.13 bits per heavy atom. The number of carbonyl (C=O) groups is 2. The fraction of sp³-hybridized carbons (Fsp3) is 0.417. The molecule has 2 aromatic rings. The molecule has 2 amide bonds. The molecule has 7 heteroatoms. The number of carbonyl (C=O) groups excluding carboxylic acids is 2. The van der Waals surface area contributed by atoms with Crippen molar-refractivity contribution in [1.82, 2.24) is 10.2 Å². The monoisotopic (exact) mass is 425 g/mol. The zero-order valence-corrected chi connectivity index (χ0v) is 18.2. The second kappa shape index (κ2) is 11.5. The maximum Gasteiger partial charge on any atom is 0.313 e. The van der Waals surface area contributed by atoms with Crippen LogP contribution in [0.4, 0.5) is 5.69 Å². The Kier molecular flexibility index (Phi) is 8.44. The smallest absolute Gasteiger partial charge is 0.313 e. The van der Waals surface area contributed by atoms with Gasteiger partial charge in [0.05, 0.1) is 25.5 Å². The number of methoxy groups -OCH3 is 1. The largest absolute Gasteiger partial charge is 0.495 e. The SMILES string of the molecule is COc1ccc(C)cc1NC(=O)C(=O)NCCCCN1CCOC(c2ccccc2)C1. The number of hydrogen-bond donors (Lipinski definition) is 2. The van der Waals surface area contributed by atoms with E-state index in [1.54, 1.807) is 12.1 Å². The summed E-state index contributed by atoms with van der Waals surface area (Å²) in [6, 6.07) is 15.7. The lowest BCUT2D eigenvalue weighted by Gasteiger charge is -2.33. The van der Waals surface area contributed by atoms with Crippen molar-refractivity contribution in [1.29, 1.82) is 0 Å². The first-order valence-corrected chi connectivity index (χ1v) is 10.7. The topological polar surface area (TPSA) is 79.9 Å². The highest BCUT2D eigenvalue weighted by Crippen LogP contribution is 2.25. The minimum atomic E-state index is -0.692. The van der Waals surface area contributed by atoms with Crippen LogP contribution in [0.15, 0.2) is 48.5 Å². The highest BCUT2D eigenvalue weighted by Gasteiger charge is 2.21. The summed E-state index contributed by atoms with van der Waals surface area (Å²) in [5.41, 5.74) is 2.66. The van der Waals surface area contributed by atoms with E-state index >= 15 is 0 Å². The summed E-state index contributed by atoms with van der Waals surface area (Å²) in [5, 5.41) is 5.31. The molecule has 7 nitrogen and oxygen atoms in total. The summed E-state index contributed by atoms with van der Waals surface area (Å²) in [7, 11) is 1.52. The van der Waals surface area contributed by atoms with E-state index in [9.17, 15) is 9.59 Å². The van der Waals surface area contributed by atoms with Crippen LogP contribution in [-0.4, -0.2) is 56.6 Å². The zero-order valence-electron chi connectivity index (χ0n) is 18.2. The summed E-state index contributed by atoms with van der Waals surface area (Å²) in [6.45, 7) is 5.82. The van der Waals surface area contributed by atoms with Gasteiger partial charge in [-0.1, -0.05) is 36.4 Å². The molecule has 1 fully saturated rings. The number of benzene rings is 2. The molecule has 31 heavy (non-hydrogen) atoms. The van der Waals surface area contributed by atoms with Crippen molar-refractivity contribution in [3.05, 3.63) is 59.7 Å². The van der Waals surface area contributed by atoms with E-state index in [1.807, 2.05) is 31.2 Å². The van der Waals surface area contributed by atoms with Crippen molar-refractivity contribution in [3.8, 4) is 5.75 Å². The quantitative estimate of drug-likeness (QED) is 0.502. The molecule has 0 aliphatic carbocycles. The Morgan fingerprint density at radius 2 is 1.94 bits per heavy atom. The van der Waals surface area contributed by atoms with Gasteiger partial charge in [-0.05, 0) is 49.6 Å². The van der Waals surface area contributed by atoms with Crippen LogP contribution in [0.1, 0.15) is 30.1 Å². The van der Waals surface area contributed by atoms with E-state index in [0.29, 0.717) is 18.0 Å². The predicted octanol–water partition coefficient (Wildman–Crippen LogP) is 2.91. The first-order chi connectivity index (χ1) is 15.1. The number of aryl methyl sites for hydroxylation is 1. The minimum absolute atomic E-state index is 0.108. The van der Waals surface area contributed by atoms with Gasteiger partial charge < -0.3 is 20.1 Å². The van der Waals surface area contributed by atoms with Gasteiger partial charge in [-0.25, -0.2) is 0 Å². The standard InChI is InChI=1S/C24H31N3O4/c1-18-10-11-21(30-2)20(16-18)26-24(29)23(28)25-12-6-7-13-27-14-15-31-22(17-27)19-8-4-3-5-9-19/h3-5,8-11,16,22H,6-7,12-15,17H2,1-2H3,(H,25,28)(H,26,29). The van der Waals surface area contributed by atoms with Crippen LogP contribution in [-0.2, 0) is 14.3 Å². The first-order valence-electron chi connectivity index (χ1n) is 10.7. The first kappa shape index (κ1) is 22.8. The number of hydrogen-bond acceptors (Lipinski definition) is 5. The third kappa shape index (κ3) is 6.80. The molecule has 0 bridgehead atoms. The van der Waals surface area contributed by atoms with Crippen LogP contribution < -0.4 is 15.4 Å². The average Bonchev–Trinajstić information content (AvgIpc) is 2.79. The van der Waals surface area contributed by atoms with Crippen LogP contribution in [0.2, 0.25) is 0 Å². The molecule has 1 aliphatic rings. The second-order valence-electron chi connectivity index (χ2n) is 7.69. The molecule has 0 radical (unpaired) electrons. The van der Waals surface area contributed by atoms with Crippen molar-refractivity contribution in [3.63, 3.8) is 0 Å². The number of morpholine rings is 1. The second-order valence-corrected chi connectivity index (χ2v) is 7.69. The summed E-state index contributed by atoms with van der Waals surface area (Å²) in [5.74, 6) is -0.812. The molecule has 1 atom stereocenters. The number of rotatable bonds is 8. The Hall–Kier alpha value is -2.90. The van der Waals surface area contributed by atoms with Gasteiger partial charge >= 0.3 is 11.8 Å². The maximum absolute atomic E-state index is 12.2. The average molecular weight is 426 g/mol. The molecule has 3 rings (SSSR count). The Balaban J connectivity index is 1.35. The van der Waals surface area contributed by atoms with Gasteiger partial charge in [0.1, 0.15) is 5.75 Å². The van der Waals surface area contributed by atoms with Gasteiger partial charge in [-0.2, -0.15) is 0 Å². The Bertz CT molecular complexity index is 872. The Morgan fingerprint density at radius 3 is 2.71 bits per heavy atom. The molecule has 1 heterocycles. The lowest BCUT2D eigenvalue weighted by Crippen LogP contribution is -2.39. The van der Waals surface area contributed by atoms with Gasteiger partial charge in [-0.15, -0.1) is 0 Å². The lowest BCUT2D eigenvalue weighted by molar-refractivity contribution is -0.136. The van der Waals surface area contributed by atoms with Crippen LogP contribution >= 0.6 is 0 Å². The number of nitrogens with one attached hydrogen (secondary N) is 2. The van der Waals surface area contributed by atoms with E-state index in [0.717, 1.165) is 44.6 Å². The van der Waals surface area contributed by atoms with Crippen LogP contribution in [0, 0.1) is 6.92 Å². The third-order valence-corrected chi connectivity index (χ3v) is 5.32. The van der Waals surface area contributed by atoms with E-state index in [-0.39, 0.29) is 6.10 Å². The van der Waals surface area contributed by atoms with Crippen molar-refractivity contribution in [2.75, 3.05) is 45.2 Å². The molecule has 166 valence electrons. The van der Waals surface area contributed by atoms with Crippen molar-refractivity contribution in [2.45, 2.75) is 25.9 Å². The number of anilines is 1. The van der Waals surface area contributed by atoms with E-state index in [2.05, 4.69) is 27.7 Å². The number of ether oxygens (including phenoxy) is 2. The molecule has 1 saturated heterocycles. The fourth-order valence-electron chi connectivity index (χ4n) is 3.62. The van der Waals surface area contributed by atoms with Crippen molar-refractivity contribution in [2.24, 2.45) is 0 Å². The summed E-state index contributed by atoms with van der Waals surface area (Å²) in [6.07, 6.45) is 1.85. The molecule has 1 unspecified atom stereocenters. The van der Waals surface area contributed by atoms with E-state index < -0.39 is 11.8 Å². The normalized spacial score (nSPS) is 16.5. The Labute approximate surface area is 183 Å². The van der Waals surface area contributed by atoms with Crippen LogP contribution in [0.5, 0.6) is 5.75 Å². The number of amides is 2. The summed E-state index contributed by atoms with van der Waals surface area (Å²) >= 11 is 0. The van der Waals surface area contributed by atoms with Crippen LogP contribution in [0.25, 0.3) is 0 Å². The van der Waals surface area contributed by atoms with Crippen LogP contribution in [0.3, 0.4) is 0 Å². The van der Waals surface area contributed by atoms with Gasteiger partial charge in [0.15, 0.2) is 0 Å². The van der Waals surface area contributed by atoms with Crippen molar-refractivity contribution >= 4 is 17.5 Å². The van der Waals surface area contributed by atoms with Crippen molar-refractivity contribution < 1.29 is 19.1 Å². The number of unbranched alkanes of at least 4 members (excludes halogenated alkanes) is 1. The maximum atomic E-state index is 12.2. The van der Waals surface area contributed by atoms with Gasteiger partial charge in [-0.3, -0.25) is 14.5 Å². The molecule has 2 N–H and O–H groups in total. The molecule has 0 saturated carbocycles. The highest BCUT2D eigenvalue weighted by atomic mass is 16.5. The highest BCUT2D eigenvalue weighted by molar-refractivity contribution is 6.39. The van der Waals surface area contributed by atoms with Gasteiger partial charge in [0, 0.05) is 19.6 Å². The molecular formula is C24H31N3O4. The predicted molar refractivity (Wildman–Crippen MR) is 120 cm³/mol. The molecule has 1 aliphatic heterocycles. The summed E-state index contributed by atoms with van der Waals surface area (Å²) in [4.78, 5) is 26.7. The van der Waals surface area contributed by atoms with E-state index in [4.69, 9.17) is 9.47 Å². The fourth-order valence-corrected chi connectivity index (χ4v) is 3.62. The summed E-state index contributed by atoms with van der Waals surface area (Å²) < 4.78 is 11.1. The third-order valence-electron chi connectivity index (χ3n) is 5.32. The molecule has 0 spiro atoms. The molecule has 2 aromatic carbocycles. The number of nitrogens with zero attached hydrogens (tertiary/aromatic N) is 1. The van der Waals surface area contributed by atoms with E-state index in [1.165, 1.54) is 12.7 Å². The van der Waals surface area contributed by atoms with Gasteiger partial charge in [0.2, 0.25) is 0 Å². The van der Waals surface area contributed by atoms with Gasteiger partial charge in [0.25, 0.3) is 0 Å². The zero-order chi connectivity index (χ0) is 22.1. The lowest BCUT2D eigenvalue weighted by atomic mass is 10.1. The molecule has 0 aromatic heterocycles. The minimum Gasteiger partial charge on any atom is -0.495 e.